The Hall–Kier alpha value is -1.12. The number of unbranched alkanes of at least 4 members (excludes halogenated alkanes) is 13. The minimum absolute atomic E-state index is 0.0564. The van der Waals surface area contributed by atoms with Crippen LogP contribution in [0.1, 0.15) is 107 Å². The molecule has 0 spiro atoms. The molecular weight excluding hydrogens is 539 g/mol. The van der Waals surface area contributed by atoms with Crippen LogP contribution in [0, 0.1) is 0 Å². The zero-order valence-electron chi connectivity index (χ0n) is 26.5. The fourth-order valence-corrected chi connectivity index (χ4v) is 5.35. The van der Waals surface area contributed by atoms with Gasteiger partial charge >= 0.3 is 7.82 Å². The predicted molar refractivity (Wildman–Crippen MR) is 168 cm³/mol. The Balaban J connectivity index is 2.27. The van der Waals surface area contributed by atoms with E-state index in [-0.39, 0.29) is 32.1 Å². The number of nitrogens with one attached hydrogen (secondary N) is 1. The number of benzene rings is 1. The van der Waals surface area contributed by atoms with Crippen molar-refractivity contribution >= 4 is 13.6 Å². The van der Waals surface area contributed by atoms with Gasteiger partial charge in [-0.25, -0.2) is 4.57 Å². The molecule has 0 saturated heterocycles. The van der Waals surface area contributed by atoms with Crippen LogP contribution in [-0.2, 0) is 18.3 Å². The van der Waals surface area contributed by atoms with Crippen LogP contribution >= 0.6 is 7.82 Å². The molecule has 1 aromatic rings. The van der Waals surface area contributed by atoms with Gasteiger partial charge in [0, 0.05) is 18.7 Å². The molecule has 41 heavy (non-hydrogen) atoms. The maximum atomic E-state index is 12.6. The number of rotatable bonds is 28. The number of hydrogen-bond acceptors (Lipinski definition) is 6. The van der Waals surface area contributed by atoms with Crippen LogP contribution in [0.25, 0.3) is 0 Å². The smallest absolute Gasteiger partial charge is 0.379 e. The number of phosphoric ester groups is 1. The largest absolute Gasteiger partial charge is 0.472 e. The Morgan fingerprint density at radius 1 is 0.854 bits per heavy atom. The van der Waals surface area contributed by atoms with Gasteiger partial charge in [0.1, 0.15) is 19.3 Å². The molecule has 0 heterocycles. The molecule has 1 aromatic carbocycles. The summed E-state index contributed by atoms with van der Waals surface area (Å²) >= 11 is 0. The van der Waals surface area contributed by atoms with Gasteiger partial charge in [-0.05, 0) is 6.42 Å². The summed E-state index contributed by atoms with van der Waals surface area (Å²) in [4.78, 5) is 22.7. The number of Topliss-reactive ketones (excluding diaryl/α,β-unsaturated/α-hetero) is 1. The Bertz CT molecular complexity index is 818. The van der Waals surface area contributed by atoms with E-state index in [4.69, 9.17) is 13.8 Å². The quantitative estimate of drug-likeness (QED) is 0.0457. The summed E-state index contributed by atoms with van der Waals surface area (Å²) in [5.41, 5.74) is 0.614. The third kappa shape index (κ3) is 23.1. The number of likely N-dealkylation sites (N-methyl/N-ethyl adjacent to an activating group) is 1. The first kappa shape index (κ1) is 37.9. The van der Waals surface area contributed by atoms with E-state index in [9.17, 15) is 14.3 Å². The molecule has 1 rings (SSSR count). The molecule has 8 nitrogen and oxygen atoms in total. The lowest BCUT2D eigenvalue weighted by atomic mass is 10.0. The molecule has 2 atom stereocenters. The number of ether oxygens (including phenoxy) is 1. The van der Waals surface area contributed by atoms with Gasteiger partial charge < -0.3 is 19.4 Å². The van der Waals surface area contributed by atoms with Crippen LogP contribution < -0.4 is 5.32 Å². The monoisotopic (exact) mass is 599 g/mol. The minimum Gasteiger partial charge on any atom is -0.379 e. The number of carbonyl (C=O) groups excluding carboxylic acids is 1. The Morgan fingerprint density at radius 3 is 1.93 bits per heavy atom. The molecule has 0 amide bonds. The first-order chi connectivity index (χ1) is 19.6. The molecule has 0 aliphatic carbocycles. The van der Waals surface area contributed by atoms with E-state index in [1.807, 2.05) is 39.3 Å². The summed E-state index contributed by atoms with van der Waals surface area (Å²) < 4.78 is 29.6. The lowest BCUT2D eigenvalue weighted by Crippen LogP contribution is -2.38. The van der Waals surface area contributed by atoms with Crippen molar-refractivity contribution in [2.75, 3.05) is 60.6 Å². The van der Waals surface area contributed by atoms with Gasteiger partial charge in [-0.1, -0.05) is 121 Å². The molecule has 2 unspecified atom stereocenters. The van der Waals surface area contributed by atoms with Crippen molar-refractivity contribution in [3.63, 3.8) is 0 Å². The minimum atomic E-state index is -4.26. The Morgan fingerprint density at radius 2 is 1.39 bits per heavy atom. The van der Waals surface area contributed by atoms with Crippen LogP contribution in [0.3, 0.4) is 0 Å². The third-order valence-corrected chi connectivity index (χ3v) is 8.07. The molecule has 9 heteroatoms. The van der Waals surface area contributed by atoms with Crippen LogP contribution in [0.2, 0.25) is 0 Å². The average molecular weight is 600 g/mol. The number of ketones is 1. The first-order valence-corrected chi connectivity index (χ1v) is 17.5. The molecule has 0 aliphatic heterocycles. The van der Waals surface area contributed by atoms with E-state index in [0.717, 1.165) is 12.8 Å². The number of carbonyl (C=O) groups is 1. The van der Waals surface area contributed by atoms with Crippen LogP contribution in [0.5, 0.6) is 0 Å². The van der Waals surface area contributed by atoms with Crippen molar-refractivity contribution in [3.05, 3.63) is 35.9 Å². The molecule has 0 aliphatic rings. The van der Waals surface area contributed by atoms with Crippen molar-refractivity contribution in [3.8, 4) is 0 Å². The van der Waals surface area contributed by atoms with Gasteiger partial charge in [0.05, 0.1) is 34.3 Å². The lowest BCUT2D eigenvalue weighted by molar-refractivity contribution is -0.870. The molecule has 2 N–H and O–H groups in total. The standard InChI is InChI=1S/C32H59N2O6P/c1-5-6-7-8-9-10-11-12-13-14-15-16-17-21-25-38-29-31(40-41(36,37)39-26-24-34(2,3)4)27-33-28-32(35)30-22-19-18-20-23-30/h18-20,22-23,31,33H,5-17,21,24-29H2,1-4H3/p+1. The molecule has 0 fully saturated rings. The van der Waals surface area contributed by atoms with Crippen LogP contribution in [0.15, 0.2) is 30.3 Å². The fraction of sp³-hybridized carbons (Fsp3) is 0.781. The van der Waals surface area contributed by atoms with Gasteiger partial charge in [0.25, 0.3) is 0 Å². The normalized spacial score (nSPS) is 14.2. The van der Waals surface area contributed by atoms with Crippen molar-refractivity contribution in [2.45, 2.75) is 103 Å². The second-order valence-electron chi connectivity index (χ2n) is 12.1. The van der Waals surface area contributed by atoms with Crippen molar-refractivity contribution in [2.24, 2.45) is 0 Å². The second-order valence-corrected chi connectivity index (χ2v) is 13.5. The summed E-state index contributed by atoms with van der Waals surface area (Å²) in [5.74, 6) is -0.0564. The van der Waals surface area contributed by atoms with E-state index in [1.54, 1.807) is 12.1 Å². The lowest BCUT2D eigenvalue weighted by Gasteiger charge is -2.25. The second kappa shape index (κ2) is 23.3. The number of hydrogen-bond donors (Lipinski definition) is 2. The van der Waals surface area contributed by atoms with Crippen LogP contribution in [-0.4, -0.2) is 81.9 Å². The highest BCUT2D eigenvalue weighted by atomic mass is 31.2. The molecule has 0 saturated carbocycles. The fourth-order valence-electron chi connectivity index (χ4n) is 4.46. The van der Waals surface area contributed by atoms with Gasteiger partial charge in [-0.15, -0.1) is 0 Å². The molecular formula is C32H60N2O6P+. The maximum absolute atomic E-state index is 12.6. The highest BCUT2D eigenvalue weighted by Gasteiger charge is 2.28. The highest BCUT2D eigenvalue weighted by molar-refractivity contribution is 7.47. The van der Waals surface area contributed by atoms with Crippen molar-refractivity contribution in [1.29, 1.82) is 0 Å². The van der Waals surface area contributed by atoms with E-state index < -0.39 is 13.9 Å². The summed E-state index contributed by atoms with van der Waals surface area (Å²) in [6.45, 7) is 3.94. The summed E-state index contributed by atoms with van der Waals surface area (Å²) in [6, 6.07) is 9.03. The molecule has 0 radical (unpaired) electrons. The average Bonchev–Trinajstić information content (AvgIpc) is 2.92. The van der Waals surface area contributed by atoms with E-state index in [1.165, 1.54) is 77.0 Å². The van der Waals surface area contributed by atoms with Crippen molar-refractivity contribution < 1.29 is 32.5 Å². The van der Waals surface area contributed by atoms with E-state index in [2.05, 4.69) is 12.2 Å². The number of quaternary nitrogens is 1. The van der Waals surface area contributed by atoms with Crippen molar-refractivity contribution in [1.82, 2.24) is 5.32 Å². The SMILES string of the molecule is CCCCCCCCCCCCCCCCOCC(CNCC(=O)c1ccccc1)OP(=O)(O)OCC[N+](C)(C)C. The van der Waals surface area contributed by atoms with Crippen LogP contribution in [0.4, 0.5) is 0 Å². The van der Waals surface area contributed by atoms with Gasteiger partial charge in [-0.2, -0.15) is 0 Å². The molecule has 0 bridgehead atoms. The van der Waals surface area contributed by atoms with Gasteiger partial charge in [-0.3, -0.25) is 13.8 Å². The number of nitrogens with zero attached hydrogens (tertiary/aromatic N) is 1. The zero-order chi connectivity index (χ0) is 30.2. The number of phosphoric acid groups is 1. The summed E-state index contributed by atoms with van der Waals surface area (Å²) in [7, 11) is 1.68. The summed E-state index contributed by atoms with van der Waals surface area (Å²) in [5, 5.41) is 3.05. The summed E-state index contributed by atoms with van der Waals surface area (Å²) in [6.07, 6.45) is 17.5. The van der Waals surface area contributed by atoms with E-state index in [0.29, 0.717) is 23.2 Å². The van der Waals surface area contributed by atoms with Gasteiger partial charge in [0.15, 0.2) is 5.78 Å². The first-order valence-electron chi connectivity index (χ1n) is 16.0. The maximum Gasteiger partial charge on any atom is 0.472 e. The Kier molecular flexibility index (Phi) is 21.6. The topological polar surface area (TPSA) is 94.1 Å². The molecule has 238 valence electrons. The zero-order valence-corrected chi connectivity index (χ0v) is 27.4. The highest BCUT2D eigenvalue weighted by Crippen LogP contribution is 2.44. The Labute approximate surface area is 250 Å². The molecule has 0 aromatic heterocycles. The van der Waals surface area contributed by atoms with Gasteiger partial charge in [0.2, 0.25) is 0 Å². The van der Waals surface area contributed by atoms with E-state index >= 15 is 0 Å². The third-order valence-electron chi connectivity index (χ3n) is 7.00. The predicted octanol–water partition coefficient (Wildman–Crippen LogP) is 7.17.